The molecule has 0 spiro atoms. The topological polar surface area (TPSA) is 61.0 Å². The van der Waals surface area contributed by atoms with Gasteiger partial charge in [-0.1, -0.05) is 69.4 Å². The number of nitrogens with zero attached hydrogens (tertiary/aromatic N) is 2. The van der Waals surface area contributed by atoms with E-state index in [1.54, 1.807) is 6.33 Å². The standard InChI is InChI=1S/C31H39N3O/c1-5-7-11-23(6-2)24-14-17-28-30(31(32)34-20-33-28)29(22(4)18-24)27-16-15-26(19-21(27)3)35-25-12-9-8-10-13-25/h8-10,12-13,15-16,19-20,23-24H,5-7,11,14,17-18H2,1-4H3,(H2,32,33,34)/b29-22-/t23-,24?/m0/s1. The zero-order chi connectivity index (χ0) is 24.8. The van der Waals surface area contributed by atoms with Crippen LogP contribution in [0.3, 0.4) is 0 Å². The van der Waals surface area contributed by atoms with Crippen molar-refractivity contribution < 1.29 is 4.74 Å². The molecular formula is C31H39N3O. The molecule has 0 radical (unpaired) electrons. The Morgan fingerprint density at radius 2 is 1.83 bits per heavy atom. The molecule has 2 aromatic carbocycles. The van der Waals surface area contributed by atoms with Gasteiger partial charge in [-0.15, -0.1) is 0 Å². The quantitative estimate of drug-likeness (QED) is 0.361. The molecule has 1 aliphatic rings. The van der Waals surface area contributed by atoms with Gasteiger partial charge >= 0.3 is 0 Å². The Morgan fingerprint density at radius 3 is 2.54 bits per heavy atom. The maximum Gasteiger partial charge on any atom is 0.134 e. The third-order valence-corrected chi connectivity index (χ3v) is 7.52. The van der Waals surface area contributed by atoms with Gasteiger partial charge in [-0.3, -0.25) is 0 Å². The van der Waals surface area contributed by atoms with Gasteiger partial charge in [0.05, 0.1) is 5.69 Å². The number of allylic oxidation sites excluding steroid dienone is 1. The van der Waals surface area contributed by atoms with Gasteiger partial charge in [0, 0.05) is 5.56 Å². The van der Waals surface area contributed by atoms with Crippen molar-refractivity contribution in [2.24, 2.45) is 11.8 Å². The Labute approximate surface area is 210 Å². The zero-order valence-electron chi connectivity index (χ0n) is 21.7. The van der Waals surface area contributed by atoms with E-state index in [0.717, 1.165) is 53.5 Å². The molecule has 1 unspecified atom stereocenters. The first-order valence-corrected chi connectivity index (χ1v) is 13.1. The minimum absolute atomic E-state index is 0.574. The summed E-state index contributed by atoms with van der Waals surface area (Å²) in [5.41, 5.74) is 13.5. The van der Waals surface area contributed by atoms with Crippen molar-refractivity contribution in [1.82, 2.24) is 9.97 Å². The third-order valence-electron chi connectivity index (χ3n) is 7.52. The van der Waals surface area contributed by atoms with Gasteiger partial charge in [0.2, 0.25) is 0 Å². The summed E-state index contributed by atoms with van der Waals surface area (Å²) >= 11 is 0. The van der Waals surface area contributed by atoms with E-state index in [0.29, 0.717) is 11.7 Å². The average Bonchev–Trinajstić information content (AvgIpc) is 2.85. The molecule has 4 rings (SSSR count). The van der Waals surface area contributed by atoms with Crippen molar-refractivity contribution >= 4 is 11.4 Å². The van der Waals surface area contributed by atoms with Crippen LogP contribution in [0, 0.1) is 18.8 Å². The number of anilines is 1. The summed E-state index contributed by atoms with van der Waals surface area (Å²) in [5.74, 6) is 3.65. The van der Waals surface area contributed by atoms with Gasteiger partial charge in [-0.25, -0.2) is 9.97 Å². The Kier molecular flexibility index (Phi) is 8.22. The van der Waals surface area contributed by atoms with E-state index in [9.17, 15) is 0 Å². The fraction of sp³-hybridized carbons (Fsp3) is 0.419. The maximum atomic E-state index is 6.51. The highest BCUT2D eigenvalue weighted by Gasteiger charge is 2.27. The van der Waals surface area contributed by atoms with Crippen molar-refractivity contribution in [3.63, 3.8) is 0 Å². The fourth-order valence-electron chi connectivity index (χ4n) is 5.64. The molecule has 3 aromatic rings. The lowest BCUT2D eigenvalue weighted by Crippen LogP contribution is -2.20. The molecule has 1 heterocycles. The number of aryl methyl sites for hydroxylation is 2. The second-order valence-corrected chi connectivity index (χ2v) is 9.94. The lowest BCUT2D eigenvalue weighted by molar-refractivity contribution is 0.276. The van der Waals surface area contributed by atoms with Crippen LogP contribution in [-0.2, 0) is 6.42 Å². The molecule has 1 aromatic heterocycles. The van der Waals surface area contributed by atoms with Crippen LogP contribution in [0.4, 0.5) is 5.82 Å². The van der Waals surface area contributed by atoms with E-state index in [1.165, 1.54) is 42.4 Å². The normalized spacial score (nSPS) is 18.9. The van der Waals surface area contributed by atoms with Crippen LogP contribution in [0.1, 0.15) is 81.7 Å². The van der Waals surface area contributed by atoms with Crippen LogP contribution in [0.2, 0.25) is 0 Å². The molecule has 35 heavy (non-hydrogen) atoms. The van der Waals surface area contributed by atoms with Gasteiger partial charge in [-0.2, -0.15) is 0 Å². The molecule has 0 saturated carbocycles. The maximum absolute atomic E-state index is 6.51. The molecular weight excluding hydrogens is 430 g/mol. The van der Waals surface area contributed by atoms with E-state index in [-0.39, 0.29) is 0 Å². The summed E-state index contributed by atoms with van der Waals surface area (Å²) in [7, 11) is 0. The summed E-state index contributed by atoms with van der Waals surface area (Å²) in [6.45, 7) is 9.07. The Balaban J connectivity index is 1.75. The smallest absolute Gasteiger partial charge is 0.134 e. The van der Waals surface area contributed by atoms with Crippen LogP contribution in [0.5, 0.6) is 11.5 Å². The summed E-state index contributed by atoms with van der Waals surface area (Å²) < 4.78 is 6.10. The van der Waals surface area contributed by atoms with Crippen LogP contribution in [0.15, 0.2) is 60.4 Å². The number of hydrogen-bond donors (Lipinski definition) is 1. The van der Waals surface area contributed by atoms with Crippen molar-refractivity contribution in [2.45, 2.75) is 72.6 Å². The molecule has 4 nitrogen and oxygen atoms in total. The number of fused-ring (bicyclic) bond motifs is 1. The minimum atomic E-state index is 0.574. The first kappa shape index (κ1) is 25.0. The SMILES string of the molecule is CCCC[C@H](CC)C1CCc2ncnc(N)c2/C(c2ccc(Oc3ccccc3)cc2C)=C(/C)C1. The highest BCUT2D eigenvalue weighted by molar-refractivity contribution is 5.88. The Hall–Kier alpha value is -3.14. The summed E-state index contributed by atoms with van der Waals surface area (Å²) in [6, 6.07) is 16.3. The van der Waals surface area contributed by atoms with Gasteiger partial charge in [0.25, 0.3) is 0 Å². The van der Waals surface area contributed by atoms with Crippen molar-refractivity contribution in [3.8, 4) is 11.5 Å². The largest absolute Gasteiger partial charge is 0.457 e. The number of benzene rings is 2. The lowest BCUT2D eigenvalue weighted by atomic mass is 9.75. The Morgan fingerprint density at radius 1 is 1.03 bits per heavy atom. The minimum Gasteiger partial charge on any atom is -0.457 e. The van der Waals surface area contributed by atoms with Gasteiger partial charge < -0.3 is 10.5 Å². The van der Waals surface area contributed by atoms with Crippen molar-refractivity contribution in [1.29, 1.82) is 0 Å². The first-order chi connectivity index (χ1) is 17.0. The number of rotatable bonds is 8. The molecule has 0 amide bonds. The number of para-hydroxylation sites is 1. The number of ether oxygens (including phenoxy) is 1. The van der Waals surface area contributed by atoms with E-state index >= 15 is 0 Å². The molecule has 1 aliphatic carbocycles. The molecule has 184 valence electrons. The fourth-order valence-corrected chi connectivity index (χ4v) is 5.64. The number of aromatic nitrogens is 2. The molecule has 4 heteroatoms. The predicted octanol–water partition coefficient (Wildman–Crippen LogP) is 8.15. The molecule has 0 saturated heterocycles. The number of nitrogen functional groups attached to an aromatic ring is 1. The second-order valence-electron chi connectivity index (χ2n) is 9.94. The average molecular weight is 470 g/mol. The lowest BCUT2D eigenvalue weighted by Gasteiger charge is -2.31. The second kappa shape index (κ2) is 11.5. The number of nitrogens with two attached hydrogens (primary N) is 1. The van der Waals surface area contributed by atoms with Crippen molar-refractivity contribution in [2.75, 3.05) is 5.73 Å². The van der Waals surface area contributed by atoms with Crippen molar-refractivity contribution in [3.05, 3.63) is 82.8 Å². The summed E-state index contributed by atoms with van der Waals surface area (Å²) in [4.78, 5) is 9.12. The zero-order valence-corrected chi connectivity index (χ0v) is 21.7. The molecule has 0 aliphatic heterocycles. The number of hydrogen-bond acceptors (Lipinski definition) is 4. The molecule has 0 bridgehead atoms. The van der Waals surface area contributed by atoms with Gasteiger partial charge in [0.1, 0.15) is 23.6 Å². The van der Waals surface area contributed by atoms with E-state index in [2.05, 4.69) is 50.9 Å². The molecule has 2 atom stereocenters. The highest BCUT2D eigenvalue weighted by Crippen LogP contribution is 2.42. The van der Waals surface area contributed by atoms with E-state index < -0.39 is 0 Å². The van der Waals surface area contributed by atoms with E-state index in [4.69, 9.17) is 15.5 Å². The van der Waals surface area contributed by atoms with Crippen LogP contribution in [-0.4, -0.2) is 9.97 Å². The summed E-state index contributed by atoms with van der Waals surface area (Å²) in [5, 5.41) is 0. The van der Waals surface area contributed by atoms with Gasteiger partial charge in [-0.05, 0) is 85.9 Å². The number of unbranched alkanes of at least 4 members (excludes halogenated alkanes) is 1. The first-order valence-electron chi connectivity index (χ1n) is 13.1. The van der Waals surface area contributed by atoms with E-state index in [1.807, 2.05) is 30.3 Å². The van der Waals surface area contributed by atoms with Crippen LogP contribution < -0.4 is 10.5 Å². The third kappa shape index (κ3) is 5.75. The summed E-state index contributed by atoms with van der Waals surface area (Å²) in [6.07, 6.45) is 9.91. The van der Waals surface area contributed by atoms with Gasteiger partial charge in [0.15, 0.2) is 0 Å². The highest BCUT2D eigenvalue weighted by atomic mass is 16.5. The molecule has 2 N–H and O–H groups in total. The molecule has 0 fully saturated rings. The van der Waals surface area contributed by atoms with Crippen LogP contribution in [0.25, 0.3) is 5.57 Å². The predicted molar refractivity (Wildman–Crippen MR) is 146 cm³/mol. The Bertz CT molecular complexity index is 1170. The monoisotopic (exact) mass is 469 g/mol. The van der Waals surface area contributed by atoms with Crippen LogP contribution >= 0.6 is 0 Å².